The highest BCUT2D eigenvalue weighted by Crippen LogP contribution is 2.33. The molecular weight excluding hydrogens is 300 g/mol. The fraction of sp³-hybridized carbons (Fsp3) is 0.294. The van der Waals surface area contributed by atoms with E-state index in [1.807, 2.05) is 6.07 Å². The number of hydrogen-bond donors (Lipinski definition) is 1. The van der Waals surface area contributed by atoms with E-state index in [0.29, 0.717) is 18.6 Å². The van der Waals surface area contributed by atoms with Crippen LogP contribution in [0.5, 0.6) is 0 Å². The molecule has 0 aromatic heterocycles. The summed E-state index contributed by atoms with van der Waals surface area (Å²) in [6, 6.07) is 17.2. The molecule has 0 spiro atoms. The van der Waals surface area contributed by atoms with Gasteiger partial charge in [0.25, 0.3) is 0 Å². The van der Waals surface area contributed by atoms with Gasteiger partial charge in [0.05, 0.1) is 29.0 Å². The monoisotopic (exact) mass is 318 g/mol. The first-order valence-corrected chi connectivity index (χ1v) is 8.77. The summed E-state index contributed by atoms with van der Waals surface area (Å²) < 4.78 is 31.0. The molecule has 0 amide bonds. The third-order valence-electron chi connectivity index (χ3n) is 3.86. The molecule has 3 rings (SSSR count). The molecule has 2 aromatic rings. The summed E-state index contributed by atoms with van der Waals surface area (Å²) >= 11 is 0. The number of sulfone groups is 1. The minimum atomic E-state index is -3.63. The summed E-state index contributed by atoms with van der Waals surface area (Å²) in [6.07, 6.45) is -0.856. The Balaban J connectivity index is 1.96. The van der Waals surface area contributed by atoms with Crippen molar-refractivity contribution in [3.05, 3.63) is 66.2 Å². The minimum Gasteiger partial charge on any atom is -0.387 e. The van der Waals surface area contributed by atoms with Crippen molar-refractivity contribution in [2.75, 3.05) is 6.61 Å². The molecule has 5 heteroatoms. The Morgan fingerprint density at radius 1 is 1.05 bits per heavy atom. The summed E-state index contributed by atoms with van der Waals surface area (Å²) in [5, 5.41) is 9.71. The lowest BCUT2D eigenvalue weighted by atomic mass is 10.0. The molecule has 1 heterocycles. The summed E-state index contributed by atoms with van der Waals surface area (Å²) in [5.74, 6) is 0. The molecule has 0 saturated carbocycles. The average molecular weight is 318 g/mol. The van der Waals surface area contributed by atoms with Gasteiger partial charge in [-0.3, -0.25) is 0 Å². The van der Waals surface area contributed by atoms with Crippen LogP contribution in [0, 0.1) is 0 Å². The second-order valence-corrected chi connectivity index (χ2v) is 7.61. The van der Waals surface area contributed by atoms with E-state index in [2.05, 4.69) is 0 Å². The maximum Gasteiger partial charge on any atom is 0.184 e. The van der Waals surface area contributed by atoms with Crippen LogP contribution in [0.3, 0.4) is 0 Å². The van der Waals surface area contributed by atoms with Crippen LogP contribution < -0.4 is 0 Å². The zero-order chi connectivity index (χ0) is 15.6. The van der Waals surface area contributed by atoms with Crippen molar-refractivity contribution in [3.8, 4) is 0 Å². The molecule has 116 valence electrons. The van der Waals surface area contributed by atoms with Crippen LogP contribution >= 0.6 is 0 Å². The zero-order valence-electron chi connectivity index (χ0n) is 12.0. The SMILES string of the molecule is O=S(=O)(c1ccccc1)[C@H](C[C@@H]1CO1)[C@@H](O)c1ccccc1. The van der Waals surface area contributed by atoms with E-state index in [1.54, 1.807) is 54.6 Å². The van der Waals surface area contributed by atoms with E-state index in [-0.39, 0.29) is 11.0 Å². The van der Waals surface area contributed by atoms with E-state index in [1.165, 1.54) is 0 Å². The van der Waals surface area contributed by atoms with Gasteiger partial charge in [-0.25, -0.2) is 8.42 Å². The van der Waals surface area contributed by atoms with Crippen LogP contribution in [0.4, 0.5) is 0 Å². The molecule has 1 N–H and O–H groups in total. The van der Waals surface area contributed by atoms with Gasteiger partial charge >= 0.3 is 0 Å². The van der Waals surface area contributed by atoms with Crippen molar-refractivity contribution in [1.29, 1.82) is 0 Å². The standard InChI is InChI=1S/C17H18O4S/c18-17(13-7-3-1-4-8-13)16(11-14-12-21-14)22(19,20)15-9-5-2-6-10-15/h1-10,14,16-18H,11-12H2/t14-,16-,17+/m1/s1. The fourth-order valence-electron chi connectivity index (χ4n) is 2.54. The Morgan fingerprint density at radius 3 is 2.14 bits per heavy atom. The molecular formula is C17H18O4S. The van der Waals surface area contributed by atoms with Gasteiger partial charge in [0.1, 0.15) is 0 Å². The van der Waals surface area contributed by atoms with E-state index < -0.39 is 21.2 Å². The fourth-order valence-corrected chi connectivity index (χ4v) is 4.39. The van der Waals surface area contributed by atoms with Gasteiger partial charge in [-0.2, -0.15) is 0 Å². The molecule has 0 aliphatic carbocycles. The average Bonchev–Trinajstić information content (AvgIpc) is 3.38. The minimum absolute atomic E-state index is 0.0816. The first-order chi connectivity index (χ1) is 10.6. The third-order valence-corrected chi connectivity index (χ3v) is 6.04. The number of benzene rings is 2. The Kier molecular flexibility index (Phi) is 4.29. The molecule has 3 atom stereocenters. The second kappa shape index (κ2) is 6.20. The predicted octanol–water partition coefficient (Wildman–Crippen LogP) is 2.35. The Hall–Kier alpha value is -1.69. The molecule has 0 unspecified atom stereocenters. The van der Waals surface area contributed by atoms with Gasteiger partial charge in [0.2, 0.25) is 0 Å². The largest absolute Gasteiger partial charge is 0.387 e. The van der Waals surface area contributed by atoms with Gasteiger partial charge in [-0.1, -0.05) is 48.5 Å². The maximum absolute atomic E-state index is 12.9. The van der Waals surface area contributed by atoms with E-state index in [9.17, 15) is 13.5 Å². The van der Waals surface area contributed by atoms with Crippen LogP contribution in [0.2, 0.25) is 0 Å². The number of epoxide rings is 1. The highest BCUT2D eigenvalue weighted by atomic mass is 32.2. The highest BCUT2D eigenvalue weighted by Gasteiger charge is 2.39. The van der Waals surface area contributed by atoms with Gasteiger partial charge in [0.15, 0.2) is 9.84 Å². The maximum atomic E-state index is 12.9. The molecule has 0 radical (unpaired) electrons. The van der Waals surface area contributed by atoms with Gasteiger partial charge in [0, 0.05) is 0 Å². The van der Waals surface area contributed by atoms with E-state index >= 15 is 0 Å². The Labute approximate surface area is 130 Å². The molecule has 2 aromatic carbocycles. The first-order valence-electron chi connectivity index (χ1n) is 7.22. The van der Waals surface area contributed by atoms with Crippen LogP contribution in [0.15, 0.2) is 65.6 Å². The van der Waals surface area contributed by atoms with Gasteiger partial charge < -0.3 is 9.84 Å². The van der Waals surface area contributed by atoms with E-state index in [4.69, 9.17) is 4.74 Å². The second-order valence-electron chi connectivity index (χ2n) is 5.44. The van der Waals surface area contributed by atoms with Gasteiger partial charge in [-0.05, 0) is 24.1 Å². The van der Waals surface area contributed by atoms with Crippen molar-refractivity contribution in [3.63, 3.8) is 0 Å². The molecule has 1 fully saturated rings. The number of hydrogen-bond acceptors (Lipinski definition) is 4. The van der Waals surface area contributed by atoms with Crippen molar-refractivity contribution < 1.29 is 18.3 Å². The molecule has 0 bridgehead atoms. The molecule has 22 heavy (non-hydrogen) atoms. The lowest BCUT2D eigenvalue weighted by molar-refractivity contribution is 0.163. The number of aliphatic hydroxyl groups is 1. The van der Waals surface area contributed by atoms with Crippen molar-refractivity contribution in [2.45, 2.75) is 28.8 Å². The number of rotatable bonds is 6. The predicted molar refractivity (Wildman–Crippen MR) is 83.2 cm³/mol. The van der Waals surface area contributed by atoms with Gasteiger partial charge in [-0.15, -0.1) is 0 Å². The first kappa shape index (κ1) is 15.2. The third kappa shape index (κ3) is 3.21. The summed E-state index contributed by atoms with van der Waals surface area (Å²) in [7, 11) is -3.63. The van der Waals surface area contributed by atoms with Crippen molar-refractivity contribution >= 4 is 9.84 Å². The number of aliphatic hydroxyl groups excluding tert-OH is 1. The normalized spacial score (nSPS) is 20.3. The van der Waals surface area contributed by atoms with Crippen molar-refractivity contribution in [1.82, 2.24) is 0 Å². The van der Waals surface area contributed by atoms with E-state index in [0.717, 1.165) is 0 Å². The topological polar surface area (TPSA) is 66.9 Å². The van der Waals surface area contributed by atoms with Crippen molar-refractivity contribution in [2.24, 2.45) is 0 Å². The lowest BCUT2D eigenvalue weighted by Crippen LogP contribution is -2.30. The highest BCUT2D eigenvalue weighted by molar-refractivity contribution is 7.92. The Bertz CT molecular complexity index is 709. The molecule has 4 nitrogen and oxygen atoms in total. The van der Waals surface area contributed by atoms with Crippen LogP contribution in [-0.4, -0.2) is 31.5 Å². The summed E-state index contributed by atoms with van der Waals surface area (Å²) in [4.78, 5) is 0.232. The summed E-state index contributed by atoms with van der Waals surface area (Å²) in [6.45, 7) is 0.558. The Morgan fingerprint density at radius 2 is 1.59 bits per heavy atom. The van der Waals surface area contributed by atoms with Crippen LogP contribution in [0.1, 0.15) is 18.1 Å². The number of ether oxygens (including phenoxy) is 1. The molecule has 1 aliphatic heterocycles. The molecule has 1 aliphatic rings. The molecule has 1 saturated heterocycles. The van der Waals surface area contributed by atoms with Crippen LogP contribution in [-0.2, 0) is 14.6 Å². The lowest BCUT2D eigenvalue weighted by Gasteiger charge is -2.23. The van der Waals surface area contributed by atoms with Crippen LogP contribution in [0.25, 0.3) is 0 Å². The zero-order valence-corrected chi connectivity index (χ0v) is 12.8. The smallest absolute Gasteiger partial charge is 0.184 e. The quantitative estimate of drug-likeness (QED) is 0.830. The summed E-state index contributed by atoms with van der Waals surface area (Å²) in [5.41, 5.74) is 0.604.